The predicted molar refractivity (Wildman–Crippen MR) is 125 cm³/mol. The largest absolute Gasteiger partial charge is 0.507 e. The summed E-state index contributed by atoms with van der Waals surface area (Å²) in [5, 5.41) is 12.4. The fraction of sp³-hybridized carbons (Fsp3) is 0.0435. The first kappa shape index (κ1) is 20.6. The van der Waals surface area contributed by atoms with Crippen LogP contribution in [0.4, 0.5) is 5.13 Å². The van der Waals surface area contributed by atoms with E-state index >= 15 is 0 Å². The number of benzene rings is 2. The van der Waals surface area contributed by atoms with E-state index < -0.39 is 17.7 Å². The van der Waals surface area contributed by atoms with Gasteiger partial charge in [-0.25, -0.2) is 4.98 Å². The lowest BCUT2D eigenvalue weighted by Gasteiger charge is -2.23. The van der Waals surface area contributed by atoms with Crippen LogP contribution in [0.1, 0.15) is 17.2 Å². The number of hydrogen-bond donors (Lipinski definition) is 1. The number of Topliss-reactive ketones (excluding diaryl/α,β-unsaturated/α-hetero) is 1. The van der Waals surface area contributed by atoms with Crippen LogP contribution >= 0.6 is 34.5 Å². The molecule has 0 saturated carbocycles. The molecule has 0 spiro atoms. The number of carbonyl (C=O) groups is 2. The van der Waals surface area contributed by atoms with Gasteiger partial charge in [0.25, 0.3) is 5.78 Å². The number of hydrogen-bond acceptors (Lipinski definition) is 6. The molecule has 5 rings (SSSR count). The summed E-state index contributed by atoms with van der Waals surface area (Å²) in [7, 11) is 0. The summed E-state index contributed by atoms with van der Waals surface area (Å²) in [6.07, 6.45) is 3.00. The number of ketones is 1. The lowest BCUT2D eigenvalue weighted by molar-refractivity contribution is -0.132. The molecular formula is C23H13Cl2N3O3S. The van der Waals surface area contributed by atoms with Crippen LogP contribution in [0.3, 0.4) is 0 Å². The van der Waals surface area contributed by atoms with E-state index in [0.717, 1.165) is 4.70 Å². The van der Waals surface area contributed by atoms with Crippen molar-refractivity contribution in [2.24, 2.45) is 0 Å². The van der Waals surface area contributed by atoms with Gasteiger partial charge in [0.15, 0.2) is 5.13 Å². The van der Waals surface area contributed by atoms with Gasteiger partial charge in [0.1, 0.15) is 5.76 Å². The number of amides is 1. The van der Waals surface area contributed by atoms with Gasteiger partial charge in [-0.2, -0.15) is 0 Å². The molecule has 1 N–H and O–H groups in total. The van der Waals surface area contributed by atoms with Gasteiger partial charge in [0.05, 0.1) is 21.8 Å². The van der Waals surface area contributed by atoms with Crippen molar-refractivity contribution in [2.75, 3.05) is 4.90 Å². The number of anilines is 1. The Hall–Kier alpha value is -3.26. The third kappa shape index (κ3) is 3.44. The number of aliphatic hydroxyl groups is 1. The predicted octanol–water partition coefficient (Wildman–Crippen LogP) is 5.62. The molecule has 2 aromatic heterocycles. The van der Waals surface area contributed by atoms with Crippen molar-refractivity contribution in [1.29, 1.82) is 0 Å². The molecule has 1 unspecified atom stereocenters. The van der Waals surface area contributed by atoms with Gasteiger partial charge in [-0.1, -0.05) is 46.7 Å². The van der Waals surface area contributed by atoms with Crippen molar-refractivity contribution < 1.29 is 14.7 Å². The number of rotatable bonds is 3. The van der Waals surface area contributed by atoms with Crippen LogP contribution in [0, 0.1) is 0 Å². The average Bonchev–Trinajstić information content (AvgIpc) is 3.32. The lowest BCUT2D eigenvalue weighted by atomic mass is 9.96. The van der Waals surface area contributed by atoms with Gasteiger partial charge in [0.2, 0.25) is 0 Å². The Morgan fingerprint density at radius 2 is 1.66 bits per heavy atom. The average molecular weight is 482 g/mol. The van der Waals surface area contributed by atoms with E-state index in [0.29, 0.717) is 31.8 Å². The van der Waals surface area contributed by atoms with Crippen LogP contribution in [-0.4, -0.2) is 26.8 Å². The fourth-order valence-electron chi connectivity index (χ4n) is 3.64. The Morgan fingerprint density at radius 3 is 2.38 bits per heavy atom. The third-order valence-electron chi connectivity index (χ3n) is 5.13. The van der Waals surface area contributed by atoms with E-state index in [1.165, 1.54) is 28.6 Å². The first-order valence-corrected chi connectivity index (χ1v) is 11.0. The van der Waals surface area contributed by atoms with E-state index in [1.807, 2.05) is 0 Å². The van der Waals surface area contributed by atoms with Crippen LogP contribution < -0.4 is 4.90 Å². The number of thiazole rings is 1. The molecule has 32 heavy (non-hydrogen) atoms. The van der Waals surface area contributed by atoms with Crippen molar-refractivity contribution in [3.8, 4) is 0 Å². The second kappa shape index (κ2) is 8.02. The van der Waals surface area contributed by atoms with Crippen molar-refractivity contribution in [1.82, 2.24) is 9.97 Å². The zero-order valence-electron chi connectivity index (χ0n) is 16.2. The highest BCUT2D eigenvalue weighted by molar-refractivity contribution is 7.22. The molecule has 0 aliphatic carbocycles. The molecule has 6 nitrogen and oxygen atoms in total. The lowest BCUT2D eigenvalue weighted by Crippen LogP contribution is -2.29. The molecule has 1 fully saturated rings. The van der Waals surface area contributed by atoms with Gasteiger partial charge in [0, 0.05) is 28.0 Å². The second-order valence-corrected chi connectivity index (χ2v) is 8.95. The topological polar surface area (TPSA) is 83.4 Å². The molecule has 1 amide bonds. The number of pyridine rings is 1. The van der Waals surface area contributed by atoms with Gasteiger partial charge < -0.3 is 5.11 Å². The van der Waals surface area contributed by atoms with Crippen molar-refractivity contribution >= 4 is 67.3 Å². The third-order valence-corrected chi connectivity index (χ3v) is 6.63. The van der Waals surface area contributed by atoms with Gasteiger partial charge in [-0.05, 0) is 48.0 Å². The van der Waals surface area contributed by atoms with Crippen molar-refractivity contribution in [3.63, 3.8) is 0 Å². The van der Waals surface area contributed by atoms with Crippen molar-refractivity contribution in [3.05, 3.63) is 93.7 Å². The van der Waals surface area contributed by atoms with Gasteiger partial charge >= 0.3 is 5.91 Å². The molecule has 0 bridgehead atoms. The molecule has 0 radical (unpaired) electrons. The van der Waals surface area contributed by atoms with Crippen LogP contribution in [-0.2, 0) is 9.59 Å². The monoisotopic (exact) mass is 481 g/mol. The summed E-state index contributed by atoms with van der Waals surface area (Å²) >= 11 is 13.4. The summed E-state index contributed by atoms with van der Waals surface area (Å²) < 4.78 is 0.776. The minimum atomic E-state index is -0.878. The zero-order chi connectivity index (χ0) is 22.4. The Kier molecular flexibility index (Phi) is 5.17. The quantitative estimate of drug-likeness (QED) is 0.233. The minimum Gasteiger partial charge on any atom is -0.507 e. The molecule has 1 atom stereocenters. The van der Waals surface area contributed by atoms with Crippen LogP contribution in [0.25, 0.3) is 16.0 Å². The van der Waals surface area contributed by atoms with E-state index in [-0.39, 0.29) is 11.3 Å². The SMILES string of the molecule is O=C1C(=O)N(c2nc3ccc(Cl)cc3s2)C(c2ccc(Cl)cc2)/C1=C(\O)c1ccncc1. The Balaban J connectivity index is 1.73. The number of fused-ring (bicyclic) bond motifs is 1. The number of halogens is 2. The first-order chi connectivity index (χ1) is 15.4. The zero-order valence-corrected chi connectivity index (χ0v) is 18.5. The van der Waals surface area contributed by atoms with Crippen LogP contribution in [0.15, 0.2) is 72.6 Å². The highest BCUT2D eigenvalue weighted by Crippen LogP contribution is 2.44. The molecule has 2 aromatic carbocycles. The molecule has 9 heteroatoms. The smallest absolute Gasteiger partial charge is 0.301 e. The Morgan fingerprint density at radius 1 is 0.969 bits per heavy atom. The highest BCUT2D eigenvalue weighted by atomic mass is 35.5. The fourth-order valence-corrected chi connectivity index (χ4v) is 5.04. The summed E-state index contributed by atoms with van der Waals surface area (Å²) in [5.41, 5.74) is 1.62. The van der Waals surface area contributed by atoms with Gasteiger partial charge in [-0.15, -0.1) is 0 Å². The second-order valence-electron chi connectivity index (χ2n) is 7.07. The number of nitrogens with zero attached hydrogens (tertiary/aromatic N) is 3. The van der Waals surface area contributed by atoms with E-state index in [4.69, 9.17) is 23.2 Å². The summed E-state index contributed by atoms with van der Waals surface area (Å²) in [6.45, 7) is 0. The number of aliphatic hydroxyl groups excluding tert-OH is 1. The number of carbonyl (C=O) groups excluding carboxylic acids is 2. The van der Waals surface area contributed by atoms with E-state index in [9.17, 15) is 14.7 Å². The van der Waals surface area contributed by atoms with Crippen LogP contribution in [0.5, 0.6) is 0 Å². The molecule has 3 heterocycles. The molecule has 1 saturated heterocycles. The Bertz CT molecular complexity index is 1400. The number of aromatic nitrogens is 2. The minimum absolute atomic E-state index is 0.0270. The molecule has 4 aromatic rings. The van der Waals surface area contributed by atoms with Gasteiger partial charge in [-0.3, -0.25) is 19.5 Å². The van der Waals surface area contributed by atoms with E-state index in [1.54, 1.807) is 54.6 Å². The molecule has 1 aliphatic heterocycles. The van der Waals surface area contributed by atoms with Crippen LogP contribution in [0.2, 0.25) is 10.0 Å². The molecule has 158 valence electrons. The summed E-state index contributed by atoms with van der Waals surface area (Å²) in [6, 6.07) is 14.3. The normalized spacial score (nSPS) is 17.9. The molecular weight excluding hydrogens is 469 g/mol. The highest BCUT2D eigenvalue weighted by Gasteiger charge is 2.48. The van der Waals surface area contributed by atoms with E-state index in [2.05, 4.69) is 9.97 Å². The van der Waals surface area contributed by atoms with Crippen molar-refractivity contribution in [2.45, 2.75) is 6.04 Å². The maximum absolute atomic E-state index is 13.2. The summed E-state index contributed by atoms with van der Waals surface area (Å²) in [4.78, 5) is 36.1. The maximum atomic E-state index is 13.2. The maximum Gasteiger partial charge on any atom is 0.301 e. The molecule has 1 aliphatic rings. The standard InChI is InChI=1S/C23H13Cl2N3O3S/c24-14-3-1-12(2-4-14)19-18(20(29)13-7-9-26-10-8-13)21(30)22(31)28(19)23-27-16-6-5-15(25)11-17(16)32-23/h1-11,19,29H/b20-18+. The Labute approximate surface area is 196 Å². The first-order valence-electron chi connectivity index (χ1n) is 9.47. The summed E-state index contributed by atoms with van der Waals surface area (Å²) in [5.74, 6) is -1.85.